The van der Waals surface area contributed by atoms with Crippen molar-refractivity contribution in [2.45, 2.75) is 6.04 Å². The molecule has 7 nitrogen and oxygen atoms in total. The molecule has 2 heterocycles. The van der Waals surface area contributed by atoms with Crippen LogP contribution >= 0.6 is 11.6 Å². The number of likely N-dealkylation sites (N-methyl/N-ethyl adjacent to an activating group) is 1. The SMILES string of the molecule is CN(C)CCN1C(=O)C(O)=C(C(=O)c2cc3cc(Cl)ccc3o2)C1c1cccc(O)c1. The lowest BCUT2D eigenvalue weighted by molar-refractivity contribution is -0.129. The number of fused-ring (bicyclic) bond motifs is 1. The molecule has 160 valence electrons. The summed E-state index contributed by atoms with van der Waals surface area (Å²) in [7, 11) is 3.73. The number of phenolic OH excluding ortho intramolecular Hbond substituents is 1. The third-order valence-electron chi connectivity index (χ3n) is 5.22. The molecular formula is C23H21ClN2O5. The number of carbonyl (C=O) groups excluding carboxylic acids is 2. The van der Waals surface area contributed by atoms with Crippen LogP contribution in [0, 0.1) is 0 Å². The predicted octanol–water partition coefficient (Wildman–Crippen LogP) is 3.93. The number of benzene rings is 2. The number of phenols is 1. The highest BCUT2D eigenvalue weighted by Gasteiger charge is 2.44. The van der Waals surface area contributed by atoms with E-state index >= 15 is 0 Å². The molecule has 1 aliphatic heterocycles. The van der Waals surface area contributed by atoms with Crippen molar-refractivity contribution in [2.24, 2.45) is 0 Å². The maximum atomic E-state index is 13.4. The van der Waals surface area contributed by atoms with Crippen LogP contribution in [0.5, 0.6) is 5.75 Å². The Morgan fingerprint density at radius 1 is 1.16 bits per heavy atom. The highest BCUT2D eigenvalue weighted by Crippen LogP contribution is 2.40. The van der Waals surface area contributed by atoms with E-state index in [-0.39, 0.29) is 23.6 Å². The Morgan fingerprint density at radius 3 is 2.65 bits per heavy atom. The number of halogens is 1. The Morgan fingerprint density at radius 2 is 1.94 bits per heavy atom. The number of amides is 1. The van der Waals surface area contributed by atoms with Gasteiger partial charge in [-0.25, -0.2) is 0 Å². The van der Waals surface area contributed by atoms with Crippen molar-refractivity contribution in [1.29, 1.82) is 0 Å². The predicted molar refractivity (Wildman–Crippen MR) is 116 cm³/mol. The van der Waals surface area contributed by atoms with E-state index < -0.39 is 23.5 Å². The molecule has 0 saturated heterocycles. The zero-order chi connectivity index (χ0) is 22.3. The van der Waals surface area contributed by atoms with Gasteiger partial charge < -0.3 is 24.4 Å². The molecule has 1 atom stereocenters. The monoisotopic (exact) mass is 440 g/mol. The average Bonchev–Trinajstić information content (AvgIpc) is 3.25. The van der Waals surface area contributed by atoms with Crippen molar-refractivity contribution in [2.75, 3.05) is 27.2 Å². The summed E-state index contributed by atoms with van der Waals surface area (Å²) in [5.41, 5.74) is 0.897. The van der Waals surface area contributed by atoms with Crippen molar-refractivity contribution in [3.05, 3.63) is 76.2 Å². The minimum absolute atomic E-state index is 0.00548. The Hall–Kier alpha value is -3.29. The lowest BCUT2D eigenvalue weighted by atomic mass is 9.95. The zero-order valence-corrected chi connectivity index (χ0v) is 17.8. The van der Waals surface area contributed by atoms with E-state index in [1.807, 2.05) is 19.0 Å². The van der Waals surface area contributed by atoms with Gasteiger partial charge in [0.05, 0.1) is 11.6 Å². The Bertz CT molecular complexity index is 1210. The van der Waals surface area contributed by atoms with Crippen LogP contribution in [0.2, 0.25) is 5.02 Å². The molecule has 1 unspecified atom stereocenters. The number of aliphatic hydroxyl groups is 1. The molecule has 0 bridgehead atoms. The Labute approximate surface area is 183 Å². The first-order chi connectivity index (χ1) is 14.8. The fourth-order valence-electron chi connectivity index (χ4n) is 3.72. The van der Waals surface area contributed by atoms with Crippen LogP contribution in [0.3, 0.4) is 0 Å². The molecule has 4 rings (SSSR count). The molecule has 3 aromatic rings. The zero-order valence-electron chi connectivity index (χ0n) is 17.0. The van der Waals surface area contributed by atoms with Crippen LogP contribution in [0.1, 0.15) is 22.2 Å². The van der Waals surface area contributed by atoms with Gasteiger partial charge in [0.15, 0.2) is 11.5 Å². The number of Topliss-reactive ketones (excluding diaryl/α,β-unsaturated/α-hetero) is 1. The lowest BCUT2D eigenvalue weighted by Crippen LogP contribution is -2.36. The van der Waals surface area contributed by atoms with Gasteiger partial charge in [-0.2, -0.15) is 0 Å². The minimum atomic E-state index is -0.858. The number of furan rings is 1. The first-order valence-corrected chi connectivity index (χ1v) is 10.1. The summed E-state index contributed by atoms with van der Waals surface area (Å²) < 4.78 is 5.68. The van der Waals surface area contributed by atoms with Gasteiger partial charge in [-0.3, -0.25) is 9.59 Å². The summed E-state index contributed by atoms with van der Waals surface area (Å²) in [6.07, 6.45) is 0. The van der Waals surface area contributed by atoms with Crippen molar-refractivity contribution >= 4 is 34.3 Å². The number of aliphatic hydroxyl groups excluding tert-OH is 1. The van der Waals surface area contributed by atoms with Crippen LogP contribution in [-0.2, 0) is 4.79 Å². The van der Waals surface area contributed by atoms with Crippen LogP contribution in [0.4, 0.5) is 0 Å². The molecule has 31 heavy (non-hydrogen) atoms. The molecule has 8 heteroatoms. The number of rotatable bonds is 6. The topological polar surface area (TPSA) is 94.2 Å². The summed E-state index contributed by atoms with van der Waals surface area (Å²) >= 11 is 6.02. The van der Waals surface area contributed by atoms with E-state index in [4.69, 9.17) is 16.0 Å². The standard InChI is InChI=1S/C23H21ClN2O5/c1-25(2)8-9-26-20(13-4-3-5-16(27)11-13)19(22(29)23(26)30)21(28)18-12-14-10-15(24)6-7-17(14)31-18/h3-7,10-12,20,27,29H,8-9H2,1-2H3. The largest absolute Gasteiger partial charge is 0.508 e. The van der Waals surface area contributed by atoms with Gasteiger partial charge in [-0.15, -0.1) is 0 Å². The van der Waals surface area contributed by atoms with Crippen LogP contribution in [0.25, 0.3) is 11.0 Å². The quantitative estimate of drug-likeness (QED) is 0.564. The van der Waals surface area contributed by atoms with E-state index in [0.29, 0.717) is 28.1 Å². The normalized spacial score (nSPS) is 16.7. The Kier molecular flexibility index (Phi) is 5.47. The highest BCUT2D eigenvalue weighted by atomic mass is 35.5. The number of ketones is 1. The number of aromatic hydroxyl groups is 1. The Balaban J connectivity index is 1.80. The van der Waals surface area contributed by atoms with E-state index in [0.717, 1.165) is 0 Å². The van der Waals surface area contributed by atoms with Crippen LogP contribution in [0.15, 0.2) is 64.3 Å². The number of hydrogen-bond donors (Lipinski definition) is 2. The molecule has 0 saturated carbocycles. The van der Waals surface area contributed by atoms with Crippen molar-refractivity contribution < 1.29 is 24.2 Å². The van der Waals surface area contributed by atoms with Gasteiger partial charge in [0.25, 0.3) is 5.91 Å². The molecule has 0 aliphatic carbocycles. The summed E-state index contributed by atoms with van der Waals surface area (Å²) in [6.45, 7) is 0.807. The number of nitrogens with zero attached hydrogens (tertiary/aromatic N) is 2. The molecule has 2 N–H and O–H groups in total. The maximum absolute atomic E-state index is 13.4. The van der Waals surface area contributed by atoms with Crippen molar-refractivity contribution in [1.82, 2.24) is 9.80 Å². The highest BCUT2D eigenvalue weighted by molar-refractivity contribution is 6.31. The van der Waals surface area contributed by atoms with E-state index in [2.05, 4.69) is 0 Å². The molecule has 2 aromatic carbocycles. The van der Waals surface area contributed by atoms with E-state index in [9.17, 15) is 19.8 Å². The molecule has 0 spiro atoms. The van der Waals surface area contributed by atoms with Gasteiger partial charge >= 0.3 is 0 Å². The molecule has 1 amide bonds. The fraction of sp³-hybridized carbons (Fsp3) is 0.217. The van der Waals surface area contributed by atoms with Crippen LogP contribution in [-0.4, -0.2) is 58.9 Å². The van der Waals surface area contributed by atoms with E-state index in [1.54, 1.807) is 30.3 Å². The number of carbonyl (C=O) groups is 2. The summed E-state index contributed by atoms with van der Waals surface area (Å²) in [5.74, 6) is -1.87. The second kappa shape index (κ2) is 8.09. The second-order valence-electron chi connectivity index (χ2n) is 7.68. The van der Waals surface area contributed by atoms with Gasteiger partial charge in [-0.05, 0) is 56.1 Å². The third kappa shape index (κ3) is 3.89. The lowest BCUT2D eigenvalue weighted by Gasteiger charge is -2.27. The molecule has 0 fully saturated rings. The van der Waals surface area contributed by atoms with Crippen molar-refractivity contribution in [3.63, 3.8) is 0 Å². The summed E-state index contributed by atoms with van der Waals surface area (Å²) in [6, 6.07) is 11.9. The summed E-state index contributed by atoms with van der Waals surface area (Å²) in [5, 5.41) is 21.8. The molecule has 1 aromatic heterocycles. The fourth-order valence-corrected chi connectivity index (χ4v) is 3.90. The maximum Gasteiger partial charge on any atom is 0.290 e. The first-order valence-electron chi connectivity index (χ1n) is 9.68. The molecule has 0 radical (unpaired) electrons. The molecule has 1 aliphatic rings. The molecular weight excluding hydrogens is 420 g/mol. The van der Waals surface area contributed by atoms with Gasteiger partial charge in [0.2, 0.25) is 5.78 Å². The van der Waals surface area contributed by atoms with Gasteiger partial charge in [0.1, 0.15) is 11.3 Å². The first kappa shape index (κ1) is 21.0. The van der Waals surface area contributed by atoms with Gasteiger partial charge in [-0.1, -0.05) is 23.7 Å². The second-order valence-corrected chi connectivity index (χ2v) is 8.12. The summed E-state index contributed by atoms with van der Waals surface area (Å²) in [4.78, 5) is 29.6. The van der Waals surface area contributed by atoms with Crippen LogP contribution < -0.4 is 0 Å². The average molecular weight is 441 g/mol. The van der Waals surface area contributed by atoms with E-state index in [1.165, 1.54) is 23.1 Å². The van der Waals surface area contributed by atoms with Crippen molar-refractivity contribution in [3.8, 4) is 5.75 Å². The van der Waals surface area contributed by atoms with Gasteiger partial charge in [0, 0.05) is 23.5 Å². The number of hydrogen-bond acceptors (Lipinski definition) is 6. The smallest absolute Gasteiger partial charge is 0.290 e. The minimum Gasteiger partial charge on any atom is -0.508 e. The third-order valence-corrected chi connectivity index (χ3v) is 5.46.